The predicted octanol–water partition coefficient (Wildman–Crippen LogP) is 3.83. The number of aryl methyl sites for hydroxylation is 1. The van der Waals surface area contributed by atoms with Crippen molar-refractivity contribution in [3.05, 3.63) is 95.3 Å². The number of ether oxygens (including phenoxy) is 1. The molecule has 26 heavy (non-hydrogen) atoms. The van der Waals surface area contributed by atoms with Gasteiger partial charge < -0.3 is 10.1 Å². The van der Waals surface area contributed by atoms with Gasteiger partial charge in [-0.15, -0.1) is 0 Å². The van der Waals surface area contributed by atoms with Crippen LogP contribution in [0.4, 0.5) is 0 Å². The van der Waals surface area contributed by atoms with E-state index < -0.39 is 0 Å². The van der Waals surface area contributed by atoms with Crippen LogP contribution >= 0.6 is 0 Å². The lowest BCUT2D eigenvalue weighted by molar-refractivity contribution is -0.120. The first-order valence-electron chi connectivity index (χ1n) is 8.63. The largest absolute Gasteiger partial charge is 0.487 e. The molecule has 3 rings (SSSR count). The Bertz CT molecular complexity index is 846. The Labute approximate surface area is 153 Å². The summed E-state index contributed by atoms with van der Waals surface area (Å²) in [7, 11) is 0. The molecule has 0 bridgehead atoms. The van der Waals surface area contributed by atoms with Crippen molar-refractivity contribution < 1.29 is 9.53 Å². The minimum atomic E-state index is 0.00802. The monoisotopic (exact) mass is 346 g/mol. The highest BCUT2D eigenvalue weighted by Gasteiger charge is 2.04. The summed E-state index contributed by atoms with van der Waals surface area (Å²) in [6.45, 7) is 2.93. The van der Waals surface area contributed by atoms with E-state index in [-0.39, 0.29) is 5.91 Å². The van der Waals surface area contributed by atoms with Gasteiger partial charge in [0.15, 0.2) is 0 Å². The van der Waals surface area contributed by atoms with E-state index in [0.717, 1.165) is 22.6 Å². The first-order chi connectivity index (χ1) is 12.7. The molecule has 3 aromatic rings. The third kappa shape index (κ3) is 5.45. The zero-order valence-corrected chi connectivity index (χ0v) is 14.8. The molecule has 2 aromatic carbocycles. The second kappa shape index (κ2) is 8.81. The van der Waals surface area contributed by atoms with Crippen LogP contribution in [0.3, 0.4) is 0 Å². The van der Waals surface area contributed by atoms with Crippen molar-refractivity contribution in [2.75, 3.05) is 0 Å². The molecule has 0 radical (unpaired) electrons. The number of nitrogens with zero attached hydrogens (tertiary/aromatic N) is 1. The van der Waals surface area contributed by atoms with Gasteiger partial charge >= 0.3 is 0 Å². The fourth-order valence-electron chi connectivity index (χ4n) is 2.54. The fraction of sp³-hybridized carbons (Fsp3) is 0.182. The summed E-state index contributed by atoms with van der Waals surface area (Å²) in [5, 5.41) is 2.96. The first kappa shape index (κ1) is 17.7. The number of aromatic nitrogens is 1. The van der Waals surface area contributed by atoms with Crippen molar-refractivity contribution in [2.45, 2.75) is 26.5 Å². The van der Waals surface area contributed by atoms with Gasteiger partial charge in [0.2, 0.25) is 5.91 Å². The van der Waals surface area contributed by atoms with Crippen molar-refractivity contribution in [2.24, 2.45) is 0 Å². The lowest BCUT2D eigenvalue weighted by Crippen LogP contribution is -2.24. The molecule has 1 aromatic heterocycles. The van der Waals surface area contributed by atoms with E-state index in [4.69, 9.17) is 4.74 Å². The molecule has 4 heteroatoms. The van der Waals surface area contributed by atoms with Gasteiger partial charge in [-0.1, -0.05) is 48.0 Å². The molecule has 0 aliphatic heterocycles. The zero-order chi connectivity index (χ0) is 18.2. The van der Waals surface area contributed by atoms with Crippen LogP contribution in [-0.4, -0.2) is 10.9 Å². The molecule has 0 atom stereocenters. The van der Waals surface area contributed by atoms with Crippen molar-refractivity contribution in [3.8, 4) is 5.75 Å². The van der Waals surface area contributed by atoms with E-state index >= 15 is 0 Å². The molecule has 4 nitrogen and oxygen atoms in total. The highest BCUT2D eigenvalue weighted by molar-refractivity contribution is 5.78. The van der Waals surface area contributed by atoms with E-state index in [0.29, 0.717) is 19.6 Å². The topological polar surface area (TPSA) is 51.2 Å². The maximum Gasteiger partial charge on any atom is 0.224 e. The maximum absolute atomic E-state index is 12.1. The Morgan fingerprint density at radius 1 is 1.00 bits per heavy atom. The van der Waals surface area contributed by atoms with Crippen LogP contribution in [0.15, 0.2) is 72.9 Å². The number of carbonyl (C=O) groups excluding carboxylic acids is 1. The van der Waals surface area contributed by atoms with Crippen LogP contribution in [0.1, 0.15) is 22.4 Å². The van der Waals surface area contributed by atoms with Gasteiger partial charge in [0.05, 0.1) is 12.1 Å². The van der Waals surface area contributed by atoms with E-state index in [1.807, 2.05) is 73.7 Å². The minimum Gasteiger partial charge on any atom is -0.487 e. The first-order valence-corrected chi connectivity index (χ1v) is 8.63. The molecule has 0 spiro atoms. The summed E-state index contributed by atoms with van der Waals surface area (Å²) in [5.41, 5.74) is 4.09. The molecule has 0 fully saturated rings. The molecular weight excluding hydrogens is 324 g/mol. The van der Waals surface area contributed by atoms with Gasteiger partial charge in [0.25, 0.3) is 0 Å². The Hall–Kier alpha value is -3.14. The minimum absolute atomic E-state index is 0.00802. The molecule has 0 saturated carbocycles. The van der Waals surface area contributed by atoms with Gasteiger partial charge in [0, 0.05) is 12.7 Å². The number of carbonyl (C=O) groups is 1. The standard InChI is InChI=1S/C22H22N2O2/c1-17-8-10-18(11-9-17)14-22(25)24-15-19-5-4-7-21(13-19)26-16-20-6-2-3-12-23-20/h2-13H,14-16H2,1H3,(H,24,25). The van der Waals surface area contributed by atoms with Gasteiger partial charge in [0.1, 0.15) is 12.4 Å². The van der Waals surface area contributed by atoms with Gasteiger partial charge in [-0.05, 0) is 42.3 Å². The number of pyridine rings is 1. The maximum atomic E-state index is 12.1. The number of hydrogen-bond acceptors (Lipinski definition) is 3. The summed E-state index contributed by atoms with van der Waals surface area (Å²) < 4.78 is 5.77. The van der Waals surface area contributed by atoms with Crippen LogP contribution in [0, 0.1) is 6.92 Å². The predicted molar refractivity (Wildman–Crippen MR) is 102 cm³/mol. The molecule has 1 amide bonds. The zero-order valence-electron chi connectivity index (χ0n) is 14.8. The second-order valence-electron chi connectivity index (χ2n) is 6.20. The molecule has 1 heterocycles. The van der Waals surface area contributed by atoms with Crippen LogP contribution < -0.4 is 10.1 Å². The number of nitrogens with one attached hydrogen (secondary N) is 1. The van der Waals surface area contributed by atoms with Crippen molar-refractivity contribution >= 4 is 5.91 Å². The molecule has 0 aliphatic rings. The number of hydrogen-bond donors (Lipinski definition) is 1. The quantitative estimate of drug-likeness (QED) is 0.707. The summed E-state index contributed by atoms with van der Waals surface area (Å²) in [5.74, 6) is 0.773. The molecular formula is C22H22N2O2. The third-order valence-electron chi connectivity index (χ3n) is 3.99. The molecule has 0 unspecified atom stereocenters. The van der Waals surface area contributed by atoms with Crippen molar-refractivity contribution in [3.63, 3.8) is 0 Å². The average molecular weight is 346 g/mol. The molecule has 0 saturated heterocycles. The molecule has 0 aliphatic carbocycles. The van der Waals surface area contributed by atoms with E-state index in [2.05, 4.69) is 10.3 Å². The number of amides is 1. The van der Waals surface area contributed by atoms with Crippen LogP contribution in [0.5, 0.6) is 5.75 Å². The van der Waals surface area contributed by atoms with Crippen LogP contribution in [-0.2, 0) is 24.4 Å². The highest BCUT2D eigenvalue weighted by atomic mass is 16.5. The smallest absolute Gasteiger partial charge is 0.224 e. The SMILES string of the molecule is Cc1ccc(CC(=O)NCc2cccc(OCc3ccccn3)c2)cc1. The van der Waals surface area contributed by atoms with E-state index in [9.17, 15) is 4.79 Å². The van der Waals surface area contributed by atoms with Crippen LogP contribution in [0.25, 0.3) is 0 Å². The van der Waals surface area contributed by atoms with Crippen molar-refractivity contribution in [1.29, 1.82) is 0 Å². The van der Waals surface area contributed by atoms with E-state index in [1.54, 1.807) is 6.20 Å². The Kier molecular flexibility index (Phi) is 5.99. The summed E-state index contributed by atoms with van der Waals surface area (Å²) in [6, 6.07) is 21.5. The van der Waals surface area contributed by atoms with Crippen molar-refractivity contribution in [1.82, 2.24) is 10.3 Å². The summed E-state index contributed by atoms with van der Waals surface area (Å²) >= 11 is 0. The highest BCUT2D eigenvalue weighted by Crippen LogP contribution is 2.15. The lowest BCUT2D eigenvalue weighted by atomic mass is 10.1. The Morgan fingerprint density at radius 2 is 1.85 bits per heavy atom. The van der Waals surface area contributed by atoms with Gasteiger partial charge in [-0.3, -0.25) is 9.78 Å². The second-order valence-corrected chi connectivity index (χ2v) is 6.20. The lowest BCUT2D eigenvalue weighted by Gasteiger charge is -2.09. The van der Waals surface area contributed by atoms with E-state index in [1.165, 1.54) is 5.56 Å². The molecule has 1 N–H and O–H groups in total. The number of benzene rings is 2. The average Bonchev–Trinajstić information content (AvgIpc) is 2.68. The Morgan fingerprint density at radius 3 is 2.62 bits per heavy atom. The molecule has 132 valence electrons. The van der Waals surface area contributed by atoms with Gasteiger partial charge in [-0.2, -0.15) is 0 Å². The summed E-state index contributed by atoms with van der Waals surface area (Å²) in [4.78, 5) is 16.4. The summed E-state index contributed by atoms with van der Waals surface area (Å²) in [6.07, 6.45) is 2.13. The van der Waals surface area contributed by atoms with Gasteiger partial charge in [-0.25, -0.2) is 0 Å². The Balaban J connectivity index is 1.50. The number of rotatable bonds is 7. The normalized spacial score (nSPS) is 10.3. The van der Waals surface area contributed by atoms with Crippen LogP contribution in [0.2, 0.25) is 0 Å². The fourth-order valence-corrected chi connectivity index (χ4v) is 2.54. The third-order valence-corrected chi connectivity index (χ3v) is 3.99.